The maximum atomic E-state index is 9.29. The molecule has 0 spiro atoms. The van der Waals surface area contributed by atoms with E-state index in [1.54, 1.807) is 14.2 Å². The normalized spacial score (nSPS) is 12.3. The Hall–Kier alpha value is -1.42. The van der Waals surface area contributed by atoms with Crippen molar-refractivity contribution in [2.45, 2.75) is 13.8 Å². The van der Waals surface area contributed by atoms with Crippen molar-refractivity contribution in [2.24, 2.45) is 11.8 Å². The van der Waals surface area contributed by atoms with Crippen LogP contribution in [-0.2, 0) is 0 Å². The minimum Gasteiger partial charge on any atom is -0.497 e. The van der Waals surface area contributed by atoms with Crippen molar-refractivity contribution in [3.63, 3.8) is 0 Å². The van der Waals surface area contributed by atoms with Crippen LogP contribution in [0.4, 0.5) is 5.69 Å². The van der Waals surface area contributed by atoms with Crippen molar-refractivity contribution in [2.75, 3.05) is 32.7 Å². The van der Waals surface area contributed by atoms with Gasteiger partial charge in [-0.25, -0.2) is 0 Å². The van der Waals surface area contributed by atoms with Crippen LogP contribution >= 0.6 is 0 Å². The molecule has 18 heavy (non-hydrogen) atoms. The fraction of sp³-hybridized carbons (Fsp3) is 0.571. The lowest BCUT2D eigenvalue weighted by Gasteiger charge is -2.20. The second-order valence-corrected chi connectivity index (χ2v) is 4.63. The van der Waals surface area contributed by atoms with Crippen LogP contribution in [0.5, 0.6) is 11.5 Å². The number of anilines is 1. The van der Waals surface area contributed by atoms with Crippen molar-refractivity contribution in [3.8, 4) is 11.5 Å². The first-order valence-corrected chi connectivity index (χ1v) is 6.19. The summed E-state index contributed by atoms with van der Waals surface area (Å²) in [6.07, 6.45) is 0. The molecule has 0 saturated carbocycles. The molecule has 0 aliphatic rings. The quantitative estimate of drug-likeness (QED) is 0.783. The van der Waals surface area contributed by atoms with Gasteiger partial charge in [-0.3, -0.25) is 0 Å². The Bertz CT molecular complexity index is 366. The minimum absolute atomic E-state index is 0.184. The second kappa shape index (κ2) is 7.11. The average molecular weight is 253 g/mol. The van der Waals surface area contributed by atoms with E-state index in [2.05, 4.69) is 19.2 Å². The Morgan fingerprint density at radius 3 is 2.44 bits per heavy atom. The Morgan fingerprint density at radius 2 is 1.94 bits per heavy atom. The topological polar surface area (TPSA) is 50.7 Å². The van der Waals surface area contributed by atoms with Crippen LogP contribution in [0.3, 0.4) is 0 Å². The zero-order valence-corrected chi connectivity index (χ0v) is 11.6. The molecule has 0 aliphatic carbocycles. The predicted octanol–water partition coefficient (Wildman–Crippen LogP) is 2.38. The van der Waals surface area contributed by atoms with Gasteiger partial charge in [-0.15, -0.1) is 0 Å². The van der Waals surface area contributed by atoms with E-state index >= 15 is 0 Å². The Morgan fingerprint density at radius 1 is 1.22 bits per heavy atom. The fourth-order valence-electron chi connectivity index (χ4n) is 1.70. The van der Waals surface area contributed by atoms with Crippen LogP contribution in [0.1, 0.15) is 13.8 Å². The molecule has 0 amide bonds. The highest BCUT2D eigenvalue weighted by atomic mass is 16.5. The van der Waals surface area contributed by atoms with Crippen LogP contribution < -0.4 is 14.8 Å². The van der Waals surface area contributed by atoms with Gasteiger partial charge in [-0.05, 0) is 18.1 Å². The molecule has 0 aliphatic heterocycles. The molecule has 1 aromatic rings. The summed E-state index contributed by atoms with van der Waals surface area (Å²) in [5.74, 6) is 2.18. The van der Waals surface area contributed by atoms with Crippen molar-refractivity contribution >= 4 is 5.69 Å². The van der Waals surface area contributed by atoms with Crippen LogP contribution in [0, 0.1) is 11.8 Å². The first-order chi connectivity index (χ1) is 8.62. The van der Waals surface area contributed by atoms with E-state index in [0.29, 0.717) is 5.92 Å². The molecule has 1 atom stereocenters. The molecule has 0 radical (unpaired) electrons. The Kier molecular flexibility index (Phi) is 5.78. The number of benzene rings is 1. The van der Waals surface area contributed by atoms with E-state index in [0.717, 1.165) is 23.7 Å². The fourth-order valence-corrected chi connectivity index (χ4v) is 1.70. The number of hydrogen-bond donors (Lipinski definition) is 2. The van der Waals surface area contributed by atoms with Crippen LogP contribution in [0.15, 0.2) is 18.2 Å². The highest BCUT2D eigenvalue weighted by Crippen LogP contribution is 2.29. The Balaban J connectivity index is 2.72. The lowest BCUT2D eigenvalue weighted by Crippen LogP contribution is -2.23. The Labute approximate surface area is 109 Å². The van der Waals surface area contributed by atoms with Gasteiger partial charge in [-0.2, -0.15) is 0 Å². The molecule has 0 heterocycles. The SMILES string of the molecule is COc1ccc(NCC(CO)C(C)C)c(OC)c1. The molecule has 0 aromatic heterocycles. The summed E-state index contributed by atoms with van der Waals surface area (Å²) in [7, 11) is 3.26. The van der Waals surface area contributed by atoms with E-state index < -0.39 is 0 Å². The van der Waals surface area contributed by atoms with Gasteiger partial charge in [0.1, 0.15) is 11.5 Å². The van der Waals surface area contributed by atoms with Gasteiger partial charge in [-0.1, -0.05) is 13.8 Å². The first kappa shape index (κ1) is 14.6. The number of aliphatic hydroxyl groups is 1. The van der Waals surface area contributed by atoms with Crippen molar-refractivity contribution in [1.82, 2.24) is 0 Å². The maximum absolute atomic E-state index is 9.29. The van der Waals surface area contributed by atoms with E-state index in [9.17, 15) is 5.11 Å². The third-order valence-corrected chi connectivity index (χ3v) is 3.14. The zero-order chi connectivity index (χ0) is 13.5. The highest BCUT2D eigenvalue weighted by Gasteiger charge is 2.13. The molecule has 0 bridgehead atoms. The summed E-state index contributed by atoms with van der Waals surface area (Å²) in [5.41, 5.74) is 0.914. The molecule has 0 fully saturated rings. The molecule has 102 valence electrons. The number of rotatable bonds is 7. The molecule has 1 aromatic carbocycles. The number of aliphatic hydroxyl groups excluding tert-OH is 1. The molecule has 4 heteroatoms. The smallest absolute Gasteiger partial charge is 0.145 e. The molecule has 4 nitrogen and oxygen atoms in total. The monoisotopic (exact) mass is 253 g/mol. The number of nitrogens with one attached hydrogen (secondary N) is 1. The first-order valence-electron chi connectivity index (χ1n) is 6.19. The summed E-state index contributed by atoms with van der Waals surface area (Å²) in [6, 6.07) is 5.65. The summed E-state index contributed by atoms with van der Waals surface area (Å²) in [4.78, 5) is 0. The van der Waals surface area contributed by atoms with E-state index in [4.69, 9.17) is 9.47 Å². The van der Waals surface area contributed by atoms with E-state index in [1.807, 2.05) is 18.2 Å². The standard InChI is InChI=1S/C14H23NO3/c1-10(2)11(9-16)8-15-13-6-5-12(17-3)7-14(13)18-4/h5-7,10-11,15-16H,8-9H2,1-4H3. The van der Waals surface area contributed by atoms with Crippen LogP contribution in [0.25, 0.3) is 0 Å². The lowest BCUT2D eigenvalue weighted by atomic mass is 9.97. The van der Waals surface area contributed by atoms with Crippen LogP contribution in [-0.4, -0.2) is 32.5 Å². The van der Waals surface area contributed by atoms with Crippen molar-refractivity contribution in [3.05, 3.63) is 18.2 Å². The molecule has 1 unspecified atom stereocenters. The maximum Gasteiger partial charge on any atom is 0.145 e. The third kappa shape index (κ3) is 3.81. The summed E-state index contributed by atoms with van der Waals surface area (Å²) in [5, 5.41) is 12.6. The minimum atomic E-state index is 0.184. The molecular weight excluding hydrogens is 230 g/mol. The molecular formula is C14H23NO3. The molecule has 0 saturated heterocycles. The number of ether oxygens (including phenoxy) is 2. The van der Waals surface area contributed by atoms with Gasteiger partial charge >= 0.3 is 0 Å². The van der Waals surface area contributed by atoms with Crippen LogP contribution in [0.2, 0.25) is 0 Å². The van der Waals surface area contributed by atoms with Gasteiger partial charge in [0.15, 0.2) is 0 Å². The van der Waals surface area contributed by atoms with Gasteiger partial charge in [0.2, 0.25) is 0 Å². The summed E-state index contributed by atoms with van der Waals surface area (Å²) >= 11 is 0. The number of methoxy groups -OCH3 is 2. The molecule has 2 N–H and O–H groups in total. The van der Waals surface area contributed by atoms with Gasteiger partial charge < -0.3 is 19.9 Å². The second-order valence-electron chi connectivity index (χ2n) is 4.63. The van der Waals surface area contributed by atoms with Crippen molar-refractivity contribution < 1.29 is 14.6 Å². The van der Waals surface area contributed by atoms with Crippen molar-refractivity contribution in [1.29, 1.82) is 0 Å². The van der Waals surface area contributed by atoms with Gasteiger partial charge in [0, 0.05) is 25.1 Å². The molecule has 1 rings (SSSR count). The highest BCUT2D eigenvalue weighted by molar-refractivity contribution is 5.59. The predicted molar refractivity (Wildman–Crippen MR) is 73.4 cm³/mol. The summed E-state index contributed by atoms with van der Waals surface area (Å²) < 4.78 is 10.5. The average Bonchev–Trinajstić information content (AvgIpc) is 2.39. The third-order valence-electron chi connectivity index (χ3n) is 3.14. The van der Waals surface area contributed by atoms with E-state index in [-0.39, 0.29) is 12.5 Å². The number of hydrogen-bond acceptors (Lipinski definition) is 4. The lowest BCUT2D eigenvalue weighted by molar-refractivity contribution is 0.198. The van der Waals surface area contributed by atoms with Gasteiger partial charge in [0.25, 0.3) is 0 Å². The zero-order valence-electron chi connectivity index (χ0n) is 11.6. The largest absolute Gasteiger partial charge is 0.497 e. The summed E-state index contributed by atoms with van der Waals surface area (Å²) in [6.45, 7) is 5.11. The van der Waals surface area contributed by atoms with Gasteiger partial charge in [0.05, 0.1) is 19.9 Å². The van der Waals surface area contributed by atoms with E-state index in [1.165, 1.54) is 0 Å².